The van der Waals surface area contributed by atoms with Crippen molar-refractivity contribution in [1.29, 1.82) is 0 Å². The van der Waals surface area contributed by atoms with Gasteiger partial charge >= 0.3 is 0 Å². The van der Waals surface area contributed by atoms with Crippen LogP contribution >= 0.6 is 0 Å². The van der Waals surface area contributed by atoms with Gasteiger partial charge in [-0.25, -0.2) is 5.10 Å². The Morgan fingerprint density at radius 2 is 2.00 bits per heavy atom. The van der Waals surface area contributed by atoms with Gasteiger partial charge in [0.1, 0.15) is 0 Å². The molecule has 0 radical (unpaired) electrons. The van der Waals surface area contributed by atoms with E-state index in [9.17, 15) is 4.79 Å². The predicted molar refractivity (Wildman–Crippen MR) is 52.8 cm³/mol. The highest BCUT2D eigenvalue weighted by atomic mass is 16.1. The Hall–Kier alpha value is -1.12. The third-order valence-electron chi connectivity index (χ3n) is 2.86. The van der Waals surface area contributed by atoms with Crippen molar-refractivity contribution in [1.82, 2.24) is 10.2 Å². The Labute approximate surface area is 78.2 Å². The van der Waals surface area contributed by atoms with E-state index >= 15 is 0 Å². The number of aromatic amines is 1. The number of rotatable bonds is 3. The van der Waals surface area contributed by atoms with Crippen LogP contribution in [0.1, 0.15) is 39.3 Å². The fourth-order valence-corrected chi connectivity index (χ4v) is 1.29. The van der Waals surface area contributed by atoms with Crippen molar-refractivity contribution >= 4 is 0 Å². The molecule has 1 aromatic heterocycles. The van der Waals surface area contributed by atoms with Crippen LogP contribution in [0.5, 0.6) is 0 Å². The van der Waals surface area contributed by atoms with Crippen LogP contribution in [0.3, 0.4) is 0 Å². The molecular weight excluding hydrogens is 164 g/mol. The Bertz CT molecular complexity index is 305. The van der Waals surface area contributed by atoms with E-state index in [1.165, 1.54) is 6.07 Å². The second-order valence-corrected chi connectivity index (χ2v) is 3.57. The number of hydrogen-bond acceptors (Lipinski definition) is 2. The molecule has 0 aliphatic rings. The van der Waals surface area contributed by atoms with Crippen LogP contribution in [0.25, 0.3) is 0 Å². The molecule has 13 heavy (non-hydrogen) atoms. The minimum Gasteiger partial charge on any atom is -0.268 e. The first-order valence-corrected chi connectivity index (χ1v) is 4.68. The minimum atomic E-state index is -0.140. The molecule has 1 rings (SSSR count). The lowest BCUT2D eigenvalue weighted by atomic mass is 9.81. The molecule has 1 heterocycles. The molecule has 72 valence electrons. The van der Waals surface area contributed by atoms with E-state index in [-0.39, 0.29) is 11.0 Å². The SMILES string of the molecule is CCC(C)(CC)c1ccc(=O)[nH]n1. The lowest BCUT2D eigenvalue weighted by Crippen LogP contribution is -2.23. The van der Waals surface area contributed by atoms with Crippen molar-refractivity contribution in [2.45, 2.75) is 39.0 Å². The largest absolute Gasteiger partial charge is 0.268 e. The van der Waals surface area contributed by atoms with Crippen molar-refractivity contribution in [3.05, 3.63) is 28.2 Å². The fourth-order valence-electron chi connectivity index (χ4n) is 1.29. The van der Waals surface area contributed by atoms with Crippen LogP contribution < -0.4 is 5.56 Å². The first-order chi connectivity index (χ1) is 6.12. The highest BCUT2D eigenvalue weighted by Gasteiger charge is 2.23. The van der Waals surface area contributed by atoms with Crippen molar-refractivity contribution in [2.75, 3.05) is 0 Å². The molecule has 3 heteroatoms. The molecule has 0 saturated carbocycles. The van der Waals surface area contributed by atoms with Crippen molar-refractivity contribution in [3.63, 3.8) is 0 Å². The molecule has 0 aliphatic heterocycles. The molecule has 0 atom stereocenters. The molecule has 0 spiro atoms. The van der Waals surface area contributed by atoms with Gasteiger partial charge in [-0.2, -0.15) is 5.10 Å². The lowest BCUT2D eigenvalue weighted by molar-refractivity contribution is 0.420. The van der Waals surface area contributed by atoms with Crippen molar-refractivity contribution in [3.8, 4) is 0 Å². The summed E-state index contributed by atoms with van der Waals surface area (Å²) in [5.41, 5.74) is 0.917. The van der Waals surface area contributed by atoms with Gasteiger partial charge in [-0.1, -0.05) is 20.8 Å². The Balaban J connectivity index is 3.06. The standard InChI is InChI=1S/C10H16N2O/c1-4-10(3,5-2)8-6-7-9(13)12-11-8/h6-7H,4-5H2,1-3H3,(H,12,13). The van der Waals surface area contributed by atoms with E-state index in [1.807, 2.05) is 6.07 Å². The van der Waals surface area contributed by atoms with Crippen LogP contribution in [0.15, 0.2) is 16.9 Å². The zero-order valence-corrected chi connectivity index (χ0v) is 8.42. The number of nitrogens with one attached hydrogen (secondary N) is 1. The Morgan fingerprint density at radius 3 is 2.38 bits per heavy atom. The molecular formula is C10H16N2O. The van der Waals surface area contributed by atoms with E-state index in [0.29, 0.717) is 0 Å². The van der Waals surface area contributed by atoms with Crippen molar-refractivity contribution in [2.24, 2.45) is 0 Å². The molecule has 0 amide bonds. The summed E-state index contributed by atoms with van der Waals surface area (Å²) in [6, 6.07) is 3.34. The topological polar surface area (TPSA) is 45.8 Å². The summed E-state index contributed by atoms with van der Waals surface area (Å²) >= 11 is 0. The Morgan fingerprint density at radius 1 is 1.38 bits per heavy atom. The molecule has 0 unspecified atom stereocenters. The van der Waals surface area contributed by atoms with E-state index in [0.717, 1.165) is 18.5 Å². The second kappa shape index (κ2) is 3.73. The summed E-state index contributed by atoms with van der Waals surface area (Å²) in [5.74, 6) is 0. The molecule has 1 aromatic rings. The van der Waals surface area contributed by atoms with Gasteiger partial charge in [-0.3, -0.25) is 4.79 Å². The monoisotopic (exact) mass is 180 g/mol. The zero-order chi connectivity index (χ0) is 9.90. The highest BCUT2D eigenvalue weighted by molar-refractivity contribution is 5.12. The quantitative estimate of drug-likeness (QED) is 0.771. The summed E-state index contributed by atoms with van der Waals surface area (Å²) in [5, 5.41) is 6.52. The maximum atomic E-state index is 10.8. The summed E-state index contributed by atoms with van der Waals surface area (Å²) < 4.78 is 0. The first-order valence-electron chi connectivity index (χ1n) is 4.68. The molecule has 0 aromatic carbocycles. The summed E-state index contributed by atoms with van der Waals surface area (Å²) in [7, 11) is 0. The van der Waals surface area contributed by atoms with Gasteiger partial charge in [0.15, 0.2) is 0 Å². The number of hydrogen-bond donors (Lipinski definition) is 1. The van der Waals surface area contributed by atoms with Gasteiger partial charge in [-0.05, 0) is 18.9 Å². The summed E-state index contributed by atoms with van der Waals surface area (Å²) in [6.07, 6.45) is 2.06. The second-order valence-electron chi connectivity index (χ2n) is 3.57. The normalized spacial score (nSPS) is 11.6. The van der Waals surface area contributed by atoms with Gasteiger partial charge in [0.05, 0.1) is 5.69 Å². The fraction of sp³-hybridized carbons (Fsp3) is 0.600. The third-order valence-corrected chi connectivity index (χ3v) is 2.86. The number of H-pyrrole nitrogens is 1. The van der Waals surface area contributed by atoms with Gasteiger partial charge in [0, 0.05) is 11.5 Å². The first kappa shape index (κ1) is 9.96. The van der Waals surface area contributed by atoms with Crippen molar-refractivity contribution < 1.29 is 0 Å². The summed E-state index contributed by atoms with van der Waals surface area (Å²) in [4.78, 5) is 10.8. The molecule has 0 fully saturated rings. The number of aromatic nitrogens is 2. The third kappa shape index (κ3) is 1.97. The maximum absolute atomic E-state index is 10.8. The van der Waals surface area contributed by atoms with Gasteiger partial charge in [0.2, 0.25) is 0 Å². The van der Waals surface area contributed by atoms with Gasteiger partial charge in [0.25, 0.3) is 5.56 Å². The smallest absolute Gasteiger partial charge is 0.264 e. The average molecular weight is 180 g/mol. The molecule has 1 N–H and O–H groups in total. The van der Waals surface area contributed by atoms with E-state index in [1.54, 1.807) is 0 Å². The van der Waals surface area contributed by atoms with Crippen LogP contribution in [0, 0.1) is 0 Å². The van der Waals surface area contributed by atoms with Gasteiger partial charge < -0.3 is 0 Å². The minimum absolute atomic E-state index is 0.0875. The maximum Gasteiger partial charge on any atom is 0.264 e. The molecule has 3 nitrogen and oxygen atoms in total. The average Bonchev–Trinajstić information content (AvgIpc) is 2.18. The molecule has 0 aliphatic carbocycles. The van der Waals surface area contributed by atoms with Crippen LogP contribution in [0.4, 0.5) is 0 Å². The van der Waals surface area contributed by atoms with E-state index < -0.39 is 0 Å². The summed E-state index contributed by atoms with van der Waals surface area (Å²) in [6.45, 7) is 6.43. The predicted octanol–water partition coefficient (Wildman–Crippen LogP) is 1.85. The molecule has 0 saturated heterocycles. The highest BCUT2D eigenvalue weighted by Crippen LogP contribution is 2.28. The van der Waals surface area contributed by atoms with E-state index in [2.05, 4.69) is 31.0 Å². The van der Waals surface area contributed by atoms with Gasteiger partial charge in [-0.15, -0.1) is 0 Å². The van der Waals surface area contributed by atoms with Crippen LogP contribution in [-0.2, 0) is 5.41 Å². The lowest BCUT2D eigenvalue weighted by Gasteiger charge is -2.25. The Kier molecular flexibility index (Phi) is 2.86. The number of nitrogens with zero attached hydrogens (tertiary/aromatic N) is 1. The van der Waals surface area contributed by atoms with Crippen LogP contribution in [-0.4, -0.2) is 10.2 Å². The van der Waals surface area contributed by atoms with E-state index in [4.69, 9.17) is 0 Å². The van der Waals surface area contributed by atoms with Crippen LogP contribution in [0.2, 0.25) is 0 Å². The zero-order valence-electron chi connectivity index (χ0n) is 8.42. The molecule has 0 bridgehead atoms.